The van der Waals surface area contributed by atoms with Crippen molar-refractivity contribution in [3.05, 3.63) is 28.8 Å². The van der Waals surface area contributed by atoms with Crippen LogP contribution in [0.4, 0.5) is 0 Å². The van der Waals surface area contributed by atoms with Crippen LogP contribution >= 0.6 is 0 Å². The van der Waals surface area contributed by atoms with Crippen LogP contribution in [0.1, 0.15) is 41.8 Å². The molecule has 0 bridgehead atoms. The predicted octanol–water partition coefficient (Wildman–Crippen LogP) is 2.69. The van der Waals surface area contributed by atoms with Gasteiger partial charge in [0.2, 0.25) is 0 Å². The fraction of sp³-hybridized carbons (Fsp3) is 0.500. The minimum absolute atomic E-state index is 0.0216. The van der Waals surface area contributed by atoms with Crippen molar-refractivity contribution in [3.63, 3.8) is 0 Å². The number of phenolic OH excluding ortho intramolecular Hbond substituents is 1. The van der Waals surface area contributed by atoms with Gasteiger partial charge in [0, 0.05) is 0 Å². The Morgan fingerprint density at radius 2 is 2.12 bits per heavy atom. The Labute approximate surface area is 101 Å². The molecule has 17 heavy (non-hydrogen) atoms. The highest BCUT2D eigenvalue weighted by atomic mass is 16.5. The van der Waals surface area contributed by atoms with Crippen molar-refractivity contribution >= 4 is 5.97 Å². The maximum atomic E-state index is 11.7. The maximum absolute atomic E-state index is 11.7. The number of aromatic hydroxyl groups is 1. The molecule has 2 rings (SSSR count). The molecule has 1 aliphatic carbocycles. The van der Waals surface area contributed by atoms with Gasteiger partial charge in [-0.3, -0.25) is 0 Å². The van der Waals surface area contributed by atoms with Crippen LogP contribution in [0.5, 0.6) is 5.75 Å². The fourth-order valence-electron chi connectivity index (χ4n) is 2.48. The van der Waals surface area contributed by atoms with Crippen LogP contribution in [-0.2, 0) is 17.6 Å². The lowest BCUT2D eigenvalue weighted by Gasteiger charge is -2.32. The largest absolute Gasteiger partial charge is 0.507 e. The number of hydrogen-bond acceptors (Lipinski definition) is 3. The van der Waals surface area contributed by atoms with Gasteiger partial charge in [-0.2, -0.15) is 0 Å². The summed E-state index contributed by atoms with van der Waals surface area (Å²) in [6.07, 6.45) is 2.86. The summed E-state index contributed by atoms with van der Waals surface area (Å²) in [5, 5.41) is 9.84. The zero-order chi connectivity index (χ0) is 12.6. The van der Waals surface area contributed by atoms with Gasteiger partial charge in [-0.15, -0.1) is 0 Å². The lowest BCUT2D eigenvalue weighted by molar-refractivity contribution is 0.0595. The Morgan fingerprint density at radius 1 is 1.41 bits per heavy atom. The van der Waals surface area contributed by atoms with Gasteiger partial charge >= 0.3 is 5.97 Å². The van der Waals surface area contributed by atoms with Crippen LogP contribution in [-0.4, -0.2) is 18.2 Å². The van der Waals surface area contributed by atoms with Crippen LogP contribution < -0.4 is 0 Å². The summed E-state index contributed by atoms with van der Waals surface area (Å²) in [6.45, 7) is 4.36. The molecular formula is C14H18O3. The first-order chi connectivity index (χ1) is 7.94. The van der Waals surface area contributed by atoms with E-state index in [1.54, 1.807) is 6.07 Å². The highest BCUT2D eigenvalue weighted by Crippen LogP contribution is 2.38. The van der Waals surface area contributed by atoms with Crippen LogP contribution in [0.15, 0.2) is 12.1 Å². The average Bonchev–Trinajstić information content (AvgIpc) is 2.26. The summed E-state index contributed by atoms with van der Waals surface area (Å²) in [5.74, 6) is -0.426. The molecule has 0 heterocycles. The van der Waals surface area contributed by atoms with Crippen molar-refractivity contribution < 1.29 is 14.6 Å². The number of hydrogen-bond donors (Lipinski definition) is 1. The normalized spacial score (nSPS) is 17.4. The van der Waals surface area contributed by atoms with Crippen LogP contribution in [0.3, 0.4) is 0 Å². The molecule has 0 fully saturated rings. The molecule has 0 spiro atoms. The van der Waals surface area contributed by atoms with Gasteiger partial charge in [0.15, 0.2) is 0 Å². The van der Waals surface area contributed by atoms with Crippen molar-refractivity contribution in [1.29, 1.82) is 0 Å². The summed E-state index contributed by atoms with van der Waals surface area (Å²) >= 11 is 0. The number of phenols is 1. The maximum Gasteiger partial charge on any atom is 0.341 e. The number of esters is 1. The van der Waals surface area contributed by atoms with Gasteiger partial charge in [0.05, 0.1) is 7.11 Å². The SMILES string of the molecule is COC(=O)c1c(O)ccc2c1CC(C)(C)CC2. The molecule has 1 aromatic carbocycles. The first-order valence-corrected chi connectivity index (χ1v) is 5.87. The topological polar surface area (TPSA) is 46.5 Å². The Balaban J connectivity index is 2.55. The van der Waals surface area contributed by atoms with Gasteiger partial charge in [-0.1, -0.05) is 19.9 Å². The van der Waals surface area contributed by atoms with E-state index in [1.165, 1.54) is 7.11 Å². The summed E-state index contributed by atoms with van der Waals surface area (Å²) < 4.78 is 4.75. The van der Waals surface area contributed by atoms with Gasteiger partial charge in [-0.25, -0.2) is 4.79 Å². The molecular weight excluding hydrogens is 216 g/mol. The van der Waals surface area contributed by atoms with E-state index in [0.29, 0.717) is 5.56 Å². The molecule has 3 heteroatoms. The number of aryl methyl sites for hydroxylation is 1. The third kappa shape index (κ3) is 2.14. The predicted molar refractivity (Wildman–Crippen MR) is 65.3 cm³/mol. The van der Waals surface area contributed by atoms with E-state index in [4.69, 9.17) is 4.74 Å². The summed E-state index contributed by atoms with van der Waals surface area (Å²) in [4.78, 5) is 11.7. The van der Waals surface area contributed by atoms with E-state index in [0.717, 1.165) is 30.4 Å². The second-order valence-electron chi connectivity index (χ2n) is 5.43. The summed E-state index contributed by atoms with van der Waals surface area (Å²) in [6, 6.07) is 3.50. The van der Waals surface area contributed by atoms with Gasteiger partial charge < -0.3 is 9.84 Å². The Kier molecular flexibility index (Phi) is 2.86. The van der Waals surface area contributed by atoms with Gasteiger partial charge in [0.1, 0.15) is 11.3 Å². The number of ether oxygens (including phenoxy) is 1. The first kappa shape index (κ1) is 12.0. The monoisotopic (exact) mass is 234 g/mol. The second kappa shape index (κ2) is 4.06. The van der Waals surface area contributed by atoms with Crippen LogP contribution in [0.2, 0.25) is 0 Å². The average molecular weight is 234 g/mol. The van der Waals surface area contributed by atoms with E-state index in [1.807, 2.05) is 6.07 Å². The molecule has 1 aliphatic rings. The van der Waals surface area contributed by atoms with Gasteiger partial charge in [-0.05, 0) is 41.9 Å². The van der Waals surface area contributed by atoms with Crippen molar-refractivity contribution in [2.45, 2.75) is 33.1 Å². The molecule has 0 amide bonds. The lowest BCUT2D eigenvalue weighted by atomic mass is 9.73. The summed E-state index contributed by atoms with van der Waals surface area (Å²) in [5.41, 5.74) is 2.62. The van der Waals surface area contributed by atoms with Crippen LogP contribution in [0, 0.1) is 5.41 Å². The molecule has 0 unspecified atom stereocenters. The number of carbonyl (C=O) groups is 1. The zero-order valence-corrected chi connectivity index (χ0v) is 10.5. The third-order valence-corrected chi connectivity index (χ3v) is 3.50. The van der Waals surface area contributed by atoms with E-state index in [9.17, 15) is 9.90 Å². The highest BCUT2D eigenvalue weighted by Gasteiger charge is 2.30. The van der Waals surface area contributed by atoms with Crippen molar-refractivity contribution in [2.75, 3.05) is 7.11 Å². The number of fused-ring (bicyclic) bond motifs is 1. The molecule has 0 saturated carbocycles. The van der Waals surface area contributed by atoms with E-state index < -0.39 is 5.97 Å². The minimum Gasteiger partial charge on any atom is -0.507 e. The molecule has 1 aromatic rings. The molecule has 3 nitrogen and oxygen atoms in total. The van der Waals surface area contributed by atoms with Crippen molar-refractivity contribution in [3.8, 4) is 5.75 Å². The smallest absolute Gasteiger partial charge is 0.341 e. The fourth-order valence-corrected chi connectivity index (χ4v) is 2.48. The highest BCUT2D eigenvalue weighted by molar-refractivity contribution is 5.94. The number of benzene rings is 1. The quantitative estimate of drug-likeness (QED) is 0.760. The van der Waals surface area contributed by atoms with E-state index >= 15 is 0 Å². The Bertz CT molecular complexity index is 461. The van der Waals surface area contributed by atoms with Crippen molar-refractivity contribution in [2.24, 2.45) is 5.41 Å². The molecule has 0 radical (unpaired) electrons. The molecule has 0 aromatic heterocycles. The molecule has 0 saturated heterocycles. The first-order valence-electron chi connectivity index (χ1n) is 5.87. The molecule has 1 N–H and O–H groups in total. The van der Waals surface area contributed by atoms with Crippen LogP contribution in [0.25, 0.3) is 0 Å². The minimum atomic E-state index is -0.447. The molecule has 0 atom stereocenters. The Hall–Kier alpha value is -1.51. The summed E-state index contributed by atoms with van der Waals surface area (Å²) in [7, 11) is 1.34. The number of rotatable bonds is 1. The van der Waals surface area contributed by atoms with E-state index in [-0.39, 0.29) is 11.2 Å². The number of methoxy groups -OCH3 is 1. The van der Waals surface area contributed by atoms with E-state index in [2.05, 4.69) is 13.8 Å². The van der Waals surface area contributed by atoms with Gasteiger partial charge in [0.25, 0.3) is 0 Å². The third-order valence-electron chi connectivity index (χ3n) is 3.50. The molecule has 92 valence electrons. The standard InChI is InChI=1S/C14H18O3/c1-14(2)7-6-9-4-5-11(15)12(10(9)8-14)13(16)17-3/h4-5,15H,6-8H2,1-3H3. The Morgan fingerprint density at radius 3 is 2.76 bits per heavy atom. The lowest BCUT2D eigenvalue weighted by Crippen LogP contribution is -2.24. The molecule has 0 aliphatic heterocycles. The van der Waals surface area contributed by atoms with Crippen molar-refractivity contribution in [1.82, 2.24) is 0 Å². The zero-order valence-electron chi connectivity index (χ0n) is 10.5. The second-order valence-corrected chi connectivity index (χ2v) is 5.43. The number of carbonyl (C=O) groups excluding carboxylic acids is 1.